The van der Waals surface area contributed by atoms with Gasteiger partial charge >= 0.3 is 5.97 Å². The van der Waals surface area contributed by atoms with Crippen LogP contribution < -0.4 is 10.2 Å². The summed E-state index contributed by atoms with van der Waals surface area (Å²) >= 11 is 1.35. The lowest BCUT2D eigenvalue weighted by Gasteiger charge is -2.27. The second kappa shape index (κ2) is 11.5. The maximum atomic E-state index is 12.9. The Labute approximate surface area is 175 Å². The van der Waals surface area contributed by atoms with Crippen molar-refractivity contribution in [3.8, 4) is 0 Å². The van der Waals surface area contributed by atoms with Gasteiger partial charge in [0.15, 0.2) is 6.61 Å². The molecular formula is C22H27FN2O3S. The first-order chi connectivity index (χ1) is 13.9. The molecule has 156 valence electrons. The van der Waals surface area contributed by atoms with Crippen molar-refractivity contribution >= 4 is 35.0 Å². The number of rotatable bonds is 10. The van der Waals surface area contributed by atoms with Gasteiger partial charge in [-0.3, -0.25) is 9.59 Å². The summed E-state index contributed by atoms with van der Waals surface area (Å²) in [5, 5.41) is 2.72. The van der Waals surface area contributed by atoms with Gasteiger partial charge < -0.3 is 15.0 Å². The highest BCUT2D eigenvalue weighted by atomic mass is 32.2. The third kappa shape index (κ3) is 7.77. The standard InChI is InChI=1S/C22H27FN2O3S/c1-4-25(16(2)3)20-11-9-19(10-12-20)24-21(26)13-28-22(27)15-29-14-17-5-7-18(23)8-6-17/h5-12,16H,4,13-15H2,1-3H3,(H,24,26). The maximum Gasteiger partial charge on any atom is 0.316 e. The van der Waals surface area contributed by atoms with Gasteiger partial charge in [-0.05, 0) is 62.7 Å². The van der Waals surface area contributed by atoms with E-state index in [0.717, 1.165) is 17.8 Å². The number of hydrogen-bond donors (Lipinski definition) is 1. The summed E-state index contributed by atoms with van der Waals surface area (Å²) < 4.78 is 17.9. The van der Waals surface area contributed by atoms with Crippen LogP contribution in [0.4, 0.5) is 15.8 Å². The Bertz CT molecular complexity index is 795. The number of amides is 1. The summed E-state index contributed by atoms with van der Waals surface area (Å²) in [6.45, 7) is 6.93. The van der Waals surface area contributed by atoms with Gasteiger partial charge in [0.2, 0.25) is 0 Å². The molecule has 0 fully saturated rings. The molecule has 29 heavy (non-hydrogen) atoms. The van der Waals surface area contributed by atoms with Crippen molar-refractivity contribution in [2.45, 2.75) is 32.6 Å². The molecule has 0 aliphatic rings. The van der Waals surface area contributed by atoms with Gasteiger partial charge in [0.1, 0.15) is 5.82 Å². The molecule has 0 bridgehead atoms. The van der Waals surface area contributed by atoms with Crippen LogP contribution in [0.2, 0.25) is 0 Å². The Morgan fingerprint density at radius 2 is 1.76 bits per heavy atom. The van der Waals surface area contributed by atoms with E-state index < -0.39 is 5.97 Å². The topological polar surface area (TPSA) is 58.6 Å². The number of anilines is 2. The first-order valence-electron chi connectivity index (χ1n) is 9.53. The van der Waals surface area contributed by atoms with Gasteiger partial charge in [-0.2, -0.15) is 0 Å². The summed E-state index contributed by atoms with van der Waals surface area (Å²) in [6, 6.07) is 14.1. The van der Waals surface area contributed by atoms with Crippen LogP contribution in [0, 0.1) is 5.82 Å². The van der Waals surface area contributed by atoms with Crippen LogP contribution in [0.3, 0.4) is 0 Å². The molecule has 1 N–H and O–H groups in total. The van der Waals surface area contributed by atoms with Crippen molar-refractivity contribution in [1.82, 2.24) is 0 Å². The smallest absolute Gasteiger partial charge is 0.316 e. The van der Waals surface area contributed by atoms with E-state index in [4.69, 9.17) is 4.74 Å². The number of nitrogens with one attached hydrogen (secondary N) is 1. The minimum atomic E-state index is -0.460. The lowest BCUT2D eigenvalue weighted by molar-refractivity contribution is -0.144. The zero-order chi connectivity index (χ0) is 21.2. The quantitative estimate of drug-likeness (QED) is 0.577. The largest absolute Gasteiger partial charge is 0.455 e. The van der Waals surface area contributed by atoms with Crippen LogP contribution in [0.15, 0.2) is 48.5 Å². The fourth-order valence-electron chi connectivity index (χ4n) is 2.80. The number of carbonyl (C=O) groups is 2. The van der Waals surface area contributed by atoms with E-state index in [1.54, 1.807) is 12.1 Å². The molecule has 0 saturated heterocycles. The Morgan fingerprint density at radius 1 is 1.10 bits per heavy atom. The summed E-state index contributed by atoms with van der Waals surface area (Å²) in [4.78, 5) is 26.0. The molecule has 0 aromatic heterocycles. The van der Waals surface area contributed by atoms with Gasteiger partial charge in [0.05, 0.1) is 5.75 Å². The monoisotopic (exact) mass is 418 g/mol. The Balaban J connectivity index is 1.70. The zero-order valence-corrected chi connectivity index (χ0v) is 17.8. The molecule has 1 amide bonds. The van der Waals surface area contributed by atoms with Gasteiger partial charge in [-0.1, -0.05) is 12.1 Å². The molecule has 0 radical (unpaired) electrons. The molecule has 0 spiro atoms. The van der Waals surface area contributed by atoms with Crippen LogP contribution >= 0.6 is 11.8 Å². The molecular weight excluding hydrogens is 391 g/mol. The molecule has 5 nitrogen and oxygen atoms in total. The van der Waals surface area contributed by atoms with Crippen LogP contribution in [0.1, 0.15) is 26.3 Å². The van der Waals surface area contributed by atoms with E-state index in [0.29, 0.717) is 17.5 Å². The first kappa shape index (κ1) is 22.7. The van der Waals surface area contributed by atoms with E-state index in [1.165, 1.54) is 23.9 Å². The average Bonchev–Trinajstić information content (AvgIpc) is 2.69. The van der Waals surface area contributed by atoms with Gasteiger partial charge in [-0.15, -0.1) is 11.8 Å². The van der Waals surface area contributed by atoms with E-state index in [2.05, 4.69) is 31.0 Å². The number of halogens is 1. The fraction of sp³-hybridized carbons (Fsp3) is 0.364. The van der Waals surface area contributed by atoms with Crippen LogP contribution in [0.5, 0.6) is 0 Å². The number of carbonyl (C=O) groups excluding carboxylic acids is 2. The number of ether oxygens (including phenoxy) is 1. The molecule has 0 aliphatic carbocycles. The van der Waals surface area contributed by atoms with Crippen molar-refractivity contribution in [3.63, 3.8) is 0 Å². The Hall–Kier alpha value is -2.54. The second-order valence-electron chi connectivity index (χ2n) is 6.75. The summed E-state index contributed by atoms with van der Waals surface area (Å²) in [6.07, 6.45) is 0. The fourth-order valence-corrected chi connectivity index (χ4v) is 3.58. The lowest BCUT2D eigenvalue weighted by atomic mass is 10.2. The maximum absolute atomic E-state index is 12.9. The molecule has 0 atom stereocenters. The van der Waals surface area contributed by atoms with E-state index in [1.807, 2.05) is 24.3 Å². The molecule has 7 heteroatoms. The van der Waals surface area contributed by atoms with Crippen molar-refractivity contribution < 1.29 is 18.7 Å². The van der Waals surface area contributed by atoms with E-state index >= 15 is 0 Å². The highest BCUT2D eigenvalue weighted by Crippen LogP contribution is 2.20. The van der Waals surface area contributed by atoms with Gasteiger partial charge in [0, 0.05) is 29.7 Å². The van der Waals surface area contributed by atoms with Crippen molar-refractivity contribution in [1.29, 1.82) is 0 Å². The van der Waals surface area contributed by atoms with Crippen LogP contribution in [-0.2, 0) is 20.1 Å². The molecule has 2 aromatic carbocycles. The van der Waals surface area contributed by atoms with E-state index in [-0.39, 0.29) is 24.1 Å². The molecule has 0 aliphatic heterocycles. The second-order valence-corrected chi connectivity index (χ2v) is 7.74. The molecule has 2 aromatic rings. The molecule has 0 saturated carbocycles. The molecule has 2 rings (SSSR count). The number of benzene rings is 2. The normalized spacial score (nSPS) is 10.7. The molecule has 0 unspecified atom stereocenters. The SMILES string of the molecule is CCN(c1ccc(NC(=O)COC(=O)CSCc2ccc(F)cc2)cc1)C(C)C. The number of hydrogen-bond acceptors (Lipinski definition) is 5. The predicted octanol–water partition coefficient (Wildman–Crippen LogP) is 4.48. The van der Waals surface area contributed by atoms with Crippen molar-refractivity contribution in [2.75, 3.05) is 29.1 Å². The Kier molecular flexibility index (Phi) is 8.99. The summed E-state index contributed by atoms with van der Waals surface area (Å²) in [5.74, 6) is -0.439. The minimum Gasteiger partial charge on any atom is -0.455 e. The zero-order valence-electron chi connectivity index (χ0n) is 17.0. The number of thioether (sulfide) groups is 1. The highest BCUT2D eigenvalue weighted by Gasteiger charge is 2.10. The third-order valence-corrected chi connectivity index (χ3v) is 5.19. The lowest BCUT2D eigenvalue weighted by Crippen LogP contribution is -2.30. The van der Waals surface area contributed by atoms with Crippen LogP contribution in [0.25, 0.3) is 0 Å². The van der Waals surface area contributed by atoms with Gasteiger partial charge in [-0.25, -0.2) is 4.39 Å². The van der Waals surface area contributed by atoms with Crippen molar-refractivity contribution in [3.05, 3.63) is 59.9 Å². The summed E-state index contributed by atoms with van der Waals surface area (Å²) in [5.41, 5.74) is 2.66. The first-order valence-corrected chi connectivity index (χ1v) is 10.7. The molecule has 0 heterocycles. The van der Waals surface area contributed by atoms with E-state index in [9.17, 15) is 14.0 Å². The number of esters is 1. The average molecular weight is 419 g/mol. The summed E-state index contributed by atoms with van der Waals surface area (Å²) in [7, 11) is 0. The minimum absolute atomic E-state index is 0.126. The Morgan fingerprint density at radius 3 is 2.34 bits per heavy atom. The van der Waals surface area contributed by atoms with Gasteiger partial charge in [0.25, 0.3) is 5.91 Å². The highest BCUT2D eigenvalue weighted by molar-refractivity contribution is 7.99. The third-order valence-electron chi connectivity index (χ3n) is 4.21. The predicted molar refractivity (Wildman–Crippen MR) is 117 cm³/mol. The number of nitrogens with zero attached hydrogens (tertiary/aromatic N) is 1. The van der Waals surface area contributed by atoms with Crippen LogP contribution in [-0.4, -0.2) is 36.8 Å². The van der Waals surface area contributed by atoms with Crippen molar-refractivity contribution in [2.24, 2.45) is 0 Å².